The molecule has 3 saturated heterocycles. The van der Waals surface area contributed by atoms with Crippen molar-refractivity contribution in [1.82, 2.24) is 0 Å². The standard InChI is InChI=1S/C44H68O14/c1-7-9-10-11-12-16-38(47)57-42-30(22-39(48)51-6)21-36-26-37(28-45)53-29(3)20-31(46)23-32-14-13-15-33(54-32)24-34-25-35(27-40(49)52-19-8-2)56-41(55-34)17-18-43(4,5)44(42,50)58-36/h8,17-18,22,31-37,41-42,45-46,50H,2-3,7,9-16,19-21,23-28H2,1,4-6H3/b18-17+,30-22+/t31-,32-,33+,34?,35+,36-,37?,41+,42-,44+/m0/s1. The number of carbonyl (C=O) groups excluding carboxylic acids is 3. The lowest BCUT2D eigenvalue weighted by molar-refractivity contribution is -0.327. The van der Waals surface area contributed by atoms with Gasteiger partial charge in [0.15, 0.2) is 12.4 Å². The second-order valence-corrected chi connectivity index (χ2v) is 16.6. The molecule has 4 heterocycles. The van der Waals surface area contributed by atoms with Crippen LogP contribution in [0.1, 0.15) is 124 Å². The third-order valence-corrected chi connectivity index (χ3v) is 11.3. The molecule has 0 saturated carbocycles. The van der Waals surface area contributed by atoms with Crippen LogP contribution in [0, 0.1) is 5.41 Å². The maximum Gasteiger partial charge on any atom is 0.330 e. The minimum atomic E-state index is -2.29. The summed E-state index contributed by atoms with van der Waals surface area (Å²) in [6.07, 6.45) is 8.28. The lowest BCUT2D eigenvalue weighted by Crippen LogP contribution is -2.62. The lowest BCUT2D eigenvalue weighted by Gasteiger charge is -2.51. The van der Waals surface area contributed by atoms with Crippen LogP contribution in [0.25, 0.3) is 0 Å². The summed E-state index contributed by atoms with van der Waals surface area (Å²) in [4.78, 5) is 39.0. The molecule has 4 aliphatic heterocycles. The van der Waals surface area contributed by atoms with Crippen molar-refractivity contribution in [3.05, 3.63) is 48.8 Å². The van der Waals surface area contributed by atoms with Gasteiger partial charge in [0.05, 0.1) is 62.5 Å². The van der Waals surface area contributed by atoms with Crippen LogP contribution < -0.4 is 0 Å². The Bertz CT molecular complexity index is 1420. The second-order valence-electron chi connectivity index (χ2n) is 16.6. The number of methoxy groups -OCH3 is 1. The molecule has 14 nitrogen and oxygen atoms in total. The van der Waals surface area contributed by atoms with Gasteiger partial charge in [-0.3, -0.25) is 9.59 Å². The molecule has 0 aliphatic carbocycles. The zero-order valence-corrected chi connectivity index (χ0v) is 35.0. The normalized spacial score (nSPS) is 34.5. The average Bonchev–Trinajstić information content (AvgIpc) is 3.16. The van der Waals surface area contributed by atoms with Crippen LogP contribution in [0.3, 0.4) is 0 Å². The van der Waals surface area contributed by atoms with Gasteiger partial charge in [-0.05, 0) is 50.2 Å². The number of hydrogen-bond acceptors (Lipinski definition) is 14. The van der Waals surface area contributed by atoms with Crippen molar-refractivity contribution < 1.29 is 67.6 Å². The number of ether oxygens (including phenoxy) is 8. The number of aliphatic hydroxyl groups is 3. The molecule has 6 bridgehead atoms. The molecule has 4 rings (SSSR count). The topological polar surface area (TPSA) is 186 Å². The van der Waals surface area contributed by atoms with Crippen LogP contribution in [0.15, 0.2) is 48.8 Å². The van der Waals surface area contributed by atoms with E-state index in [4.69, 9.17) is 37.9 Å². The number of aliphatic hydroxyl groups excluding tert-OH is 2. The highest BCUT2D eigenvalue weighted by Crippen LogP contribution is 2.47. The molecule has 0 aromatic heterocycles. The molecule has 0 aromatic carbocycles. The molecule has 0 spiro atoms. The van der Waals surface area contributed by atoms with Gasteiger partial charge in [0.2, 0.25) is 5.79 Å². The first-order valence-electron chi connectivity index (χ1n) is 21.1. The summed E-state index contributed by atoms with van der Waals surface area (Å²) in [5.74, 6) is -3.75. The van der Waals surface area contributed by atoms with Gasteiger partial charge in [-0.1, -0.05) is 71.8 Å². The third kappa shape index (κ3) is 14.3. The van der Waals surface area contributed by atoms with E-state index in [1.807, 2.05) is 0 Å². The molecule has 328 valence electrons. The fourth-order valence-electron chi connectivity index (χ4n) is 8.20. The van der Waals surface area contributed by atoms with Gasteiger partial charge in [-0.15, -0.1) is 0 Å². The summed E-state index contributed by atoms with van der Waals surface area (Å²) in [7, 11) is 1.23. The Hall–Kier alpha value is -3.11. The monoisotopic (exact) mass is 820 g/mol. The minimum absolute atomic E-state index is 0.0212. The summed E-state index contributed by atoms with van der Waals surface area (Å²) in [6, 6.07) is 0. The van der Waals surface area contributed by atoms with Crippen LogP contribution in [0.4, 0.5) is 0 Å². The Labute approximate surface area is 343 Å². The van der Waals surface area contributed by atoms with Gasteiger partial charge in [-0.2, -0.15) is 0 Å². The Balaban J connectivity index is 1.74. The lowest BCUT2D eigenvalue weighted by atomic mass is 9.74. The number of hydrogen-bond donors (Lipinski definition) is 3. The van der Waals surface area contributed by atoms with E-state index in [-0.39, 0.29) is 68.4 Å². The fraction of sp³-hybridized carbons (Fsp3) is 0.750. The molecule has 2 unspecified atom stereocenters. The molecule has 14 heteroatoms. The van der Waals surface area contributed by atoms with E-state index >= 15 is 0 Å². The van der Waals surface area contributed by atoms with Crippen molar-refractivity contribution in [2.24, 2.45) is 5.41 Å². The van der Waals surface area contributed by atoms with Crippen LogP contribution in [0.2, 0.25) is 0 Å². The highest BCUT2D eigenvalue weighted by Gasteiger charge is 2.57. The smallest absolute Gasteiger partial charge is 0.330 e. The maximum absolute atomic E-state index is 13.4. The van der Waals surface area contributed by atoms with Gasteiger partial charge >= 0.3 is 17.9 Å². The van der Waals surface area contributed by atoms with Crippen molar-refractivity contribution in [3.63, 3.8) is 0 Å². The van der Waals surface area contributed by atoms with Crippen molar-refractivity contribution in [2.45, 2.75) is 184 Å². The second kappa shape index (κ2) is 23.0. The van der Waals surface area contributed by atoms with Gasteiger partial charge in [-0.25, -0.2) is 4.79 Å². The Morgan fingerprint density at radius 3 is 2.36 bits per heavy atom. The van der Waals surface area contributed by atoms with E-state index in [2.05, 4.69) is 20.1 Å². The van der Waals surface area contributed by atoms with Crippen LogP contribution in [0.5, 0.6) is 0 Å². The van der Waals surface area contributed by atoms with Crippen molar-refractivity contribution in [2.75, 3.05) is 20.3 Å². The maximum atomic E-state index is 13.4. The van der Waals surface area contributed by atoms with Gasteiger partial charge in [0.1, 0.15) is 12.7 Å². The zero-order chi connectivity index (χ0) is 42.3. The number of fused-ring (bicyclic) bond motifs is 6. The first kappa shape index (κ1) is 47.6. The van der Waals surface area contributed by atoms with Crippen LogP contribution >= 0.6 is 0 Å². The molecular formula is C44H68O14. The summed E-state index contributed by atoms with van der Waals surface area (Å²) in [5, 5.41) is 34.4. The van der Waals surface area contributed by atoms with E-state index in [1.54, 1.807) is 26.0 Å². The van der Waals surface area contributed by atoms with E-state index in [9.17, 15) is 29.7 Å². The van der Waals surface area contributed by atoms with Crippen LogP contribution in [-0.2, 0) is 52.3 Å². The largest absolute Gasteiger partial charge is 0.493 e. The van der Waals surface area contributed by atoms with E-state index in [1.165, 1.54) is 19.3 Å². The molecule has 0 amide bonds. The first-order valence-corrected chi connectivity index (χ1v) is 21.1. The van der Waals surface area contributed by atoms with Crippen molar-refractivity contribution >= 4 is 17.9 Å². The van der Waals surface area contributed by atoms with Gasteiger partial charge < -0.3 is 53.2 Å². The molecule has 0 aromatic rings. The predicted octanol–water partition coefficient (Wildman–Crippen LogP) is 5.80. The SMILES string of the molecule is C=CCOC(=O)C[C@H]1CC2C[C@H]3CCC[C@@H](C[C@@H](O)CC(=C)OC(CO)C[C@@H]4C/C(=C\C(=O)OC)[C@H](OC(=O)CCCCCCC)[C@@](O)(O4)C(C)(C)/C=C/[C@H](O2)O1)O3. The van der Waals surface area contributed by atoms with Crippen LogP contribution in [-0.4, -0.2) is 114 Å². The zero-order valence-electron chi connectivity index (χ0n) is 35.0. The Morgan fingerprint density at radius 2 is 1.66 bits per heavy atom. The predicted molar refractivity (Wildman–Crippen MR) is 213 cm³/mol. The van der Waals surface area contributed by atoms with E-state index in [0.29, 0.717) is 25.7 Å². The third-order valence-electron chi connectivity index (χ3n) is 11.3. The number of carbonyl (C=O) groups is 3. The molecule has 3 N–H and O–H groups in total. The molecule has 10 atom stereocenters. The Kier molecular flexibility index (Phi) is 18.9. The number of rotatable bonds is 13. The summed E-state index contributed by atoms with van der Waals surface area (Å²) in [6.45, 7) is 12.8. The van der Waals surface area contributed by atoms with E-state index < -0.39 is 72.5 Å². The number of unbranched alkanes of at least 4 members (excludes halogenated alkanes) is 4. The molecule has 4 aliphatic rings. The summed E-state index contributed by atoms with van der Waals surface area (Å²) in [5.41, 5.74) is -1.11. The van der Waals surface area contributed by atoms with Crippen molar-refractivity contribution in [1.29, 1.82) is 0 Å². The highest BCUT2D eigenvalue weighted by atomic mass is 16.7. The number of esters is 3. The molecule has 3 fully saturated rings. The summed E-state index contributed by atoms with van der Waals surface area (Å²) >= 11 is 0. The molecule has 0 radical (unpaired) electrons. The quantitative estimate of drug-likeness (QED) is 0.0666. The minimum Gasteiger partial charge on any atom is -0.493 e. The first-order chi connectivity index (χ1) is 27.7. The highest BCUT2D eigenvalue weighted by molar-refractivity contribution is 5.83. The fourth-order valence-corrected chi connectivity index (χ4v) is 8.20. The van der Waals surface area contributed by atoms with Crippen molar-refractivity contribution in [3.8, 4) is 0 Å². The molecular weight excluding hydrogens is 752 g/mol. The summed E-state index contributed by atoms with van der Waals surface area (Å²) < 4.78 is 48.1. The molecule has 58 heavy (non-hydrogen) atoms. The van der Waals surface area contributed by atoms with Gasteiger partial charge in [0.25, 0.3) is 0 Å². The average molecular weight is 821 g/mol. The Morgan fingerprint density at radius 1 is 0.931 bits per heavy atom. The van der Waals surface area contributed by atoms with Gasteiger partial charge in [0, 0.05) is 43.6 Å². The van der Waals surface area contributed by atoms with E-state index in [0.717, 1.165) is 44.9 Å².